The largest absolute Gasteiger partial charge is 0.493 e. The number of aromatic nitrogens is 1. The molecule has 2 N–H and O–H groups in total. The first-order valence-electron chi connectivity index (χ1n) is 12.5. The molecule has 0 spiro atoms. The van der Waals surface area contributed by atoms with E-state index in [1.54, 1.807) is 19.4 Å². The van der Waals surface area contributed by atoms with Crippen LogP contribution in [0.4, 0.5) is 10.8 Å². The standard InChI is InChI=1S/C30H31N3O4S/c1-36-15-5-16-37-27-19-24(18-25(21-27)29(35)33-30-31-14-17-38-30)9-8-22-10-12-26(13-11-22)32-28(34)20-23-6-3-2-4-7-23/h2-4,6-7,10-14,17-19,21H,5,8-9,15-16,20H2,1H3,(H,32,34)(H,31,33,35). The van der Waals surface area contributed by atoms with Gasteiger partial charge in [-0.1, -0.05) is 42.5 Å². The summed E-state index contributed by atoms with van der Waals surface area (Å²) in [6.45, 7) is 1.11. The molecule has 0 unspecified atom stereocenters. The van der Waals surface area contributed by atoms with Gasteiger partial charge in [-0.2, -0.15) is 0 Å². The number of nitrogens with one attached hydrogen (secondary N) is 2. The molecule has 7 nitrogen and oxygen atoms in total. The van der Waals surface area contributed by atoms with E-state index in [9.17, 15) is 9.59 Å². The van der Waals surface area contributed by atoms with Crippen LogP contribution in [0.2, 0.25) is 0 Å². The molecule has 0 fully saturated rings. The van der Waals surface area contributed by atoms with Crippen molar-refractivity contribution in [1.29, 1.82) is 0 Å². The third-order valence-corrected chi connectivity index (χ3v) is 6.48. The number of rotatable bonds is 13. The topological polar surface area (TPSA) is 89.5 Å². The fraction of sp³-hybridized carbons (Fsp3) is 0.233. The molecule has 4 rings (SSSR count). The number of methoxy groups -OCH3 is 1. The molecule has 196 valence electrons. The molecule has 1 aromatic heterocycles. The Hall–Kier alpha value is -4.01. The number of carbonyl (C=O) groups excluding carboxylic acids is 2. The Morgan fingerprint density at radius 3 is 2.39 bits per heavy atom. The Labute approximate surface area is 226 Å². The summed E-state index contributed by atoms with van der Waals surface area (Å²) in [6.07, 6.45) is 4.26. The molecule has 0 aliphatic carbocycles. The van der Waals surface area contributed by atoms with E-state index < -0.39 is 0 Å². The minimum atomic E-state index is -0.223. The van der Waals surface area contributed by atoms with Gasteiger partial charge in [-0.25, -0.2) is 4.98 Å². The van der Waals surface area contributed by atoms with E-state index in [1.807, 2.05) is 72.1 Å². The van der Waals surface area contributed by atoms with Crippen LogP contribution in [0.3, 0.4) is 0 Å². The van der Waals surface area contributed by atoms with Gasteiger partial charge in [-0.3, -0.25) is 14.9 Å². The van der Waals surface area contributed by atoms with Crippen molar-refractivity contribution >= 4 is 34.0 Å². The van der Waals surface area contributed by atoms with Gasteiger partial charge in [0.25, 0.3) is 5.91 Å². The number of ether oxygens (including phenoxy) is 2. The highest BCUT2D eigenvalue weighted by molar-refractivity contribution is 7.13. The van der Waals surface area contributed by atoms with E-state index >= 15 is 0 Å². The first kappa shape index (κ1) is 27.0. The molecule has 4 aromatic rings. The molecule has 0 saturated carbocycles. The van der Waals surface area contributed by atoms with Crippen molar-refractivity contribution in [2.75, 3.05) is 31.0 Å². The molecule has 1 heterocycles. The number of amides is 2. The first-order valence-corrected chi connectivity index (χ1v) is 13.4. The summed E-state index contributed by atoms with van der Waals surface area (Å²) in [5, 5.41) is 8.16. The summed E-state index contributed by atoms with van der Waals surface area (Å²) in [7, 11) is 1.66. The Balaban J connectivity index is 1.37. The van der Waals surface area contributed by atoms with E-state index in [1.165, 1.54) is 11.3 Å². The van der Waals surface area contributed by atoms with Crippen molar-refractivity contribution in [3.63, 3.8) is 0 Å². The highest BCUT2D eigenvalue weighted by Gasteiger charge is 2.12. The van der Waals surface area contributed by atoms with Gasteiger partial charge in [0.15, 0.2) is 5.13 Å². The van der Waals surface area contributed by atoms with Crippen molar-refractivity contribution in [3.8, 4) is 5.75 Å². The maximum atomic E-state index is 12.9. The average molecular weight is 530 g/mol. The minimum absolute atomic E-state index is 0.0465. The van der Waals surface area contributed by atoms with Crippen LogP contribution in [-0.4, -0.2) is 37.1 Å². The molecule has 8 heteroatoms. The lowest BCUT2D eigenvalue weighted by molar-refractivity contribution is -0.115. The smallest absolute Gasteiger partial charge is 0.257 e. The SMILES string of the molecule is COCCCOc1cc(CCc2ccc(NC(=O)Cc3ccccc3)cc2)cc(C(=O)Nc2nccs2)c1. The number of aryl methyl sites for hydroxylation is 2. The summed E-state index contributed by atoms with van der Waals surface area (Å²) in [5.41, 5.74) is 4.40. The van der Waals surface area contributed by atoms with E-state index in [-0.39, 0.29) is 11.8 Å². The van der Waals surface area contributed by atoms with Gasteiger partial charge < -0.3 is 14.8 Å². The maximum absolute atomic E-state index is 12.9. The Kier molecular flexibility index (Phi) is 10.0. The lowest BCUT2D eigenvalue weighted by Gasteiger charge is -2.12. The zero-order chi connectivity index (χ0) is 26.6. The van der Waals surface area contributed by atoms with E-state index in [0.717, 1.165) is 41.6 Å². The number of hydrogen-bond acceptors (Lipinski definition) is 6. The maximum Gasteiger partial charge on any atom is 0.257 e. The molecule has 0 radical (unpaired) electrons. The average Bonchev–Trinajstić information content (AvgIpc) is 3.44. The fourth-order valence-corrected chi connectivity index (χ4v) is 4.42. The quantitative estimate of drug-likeness (QED) is 0.214. The summed E-state index contributed by atoms with van der Waals surface area (Å²) in [4.78, 5) is 29.3. The van der Waals surface area contributed by atoms with Gasteiger partial charge >= 0.3 is 0 Å². The predicted molar refractivity (Wildman–Crippen MR) is 151 cm³/mol. The summed E-state index contributed by atoms with van der Waals surface area (Å²) < 4.78 is 11.0. The van der Waals surface area contributed by atoms with Crippen molar-refractivity contribution in [3.05, 3.63) is 107 Å². The number of hydrogen-bond donors (Lipinski definition) is 2. The third-order valence-electron chi connectivity index (χ3n) is 5.79. The molecule has 0 saturated heterocycles. The van der Waals surface area contributed by atoms with Crippen LogP contribution >= 0.6 is 11.3 Å². The van der Waals surface area contributed by atoms with Crippen molar-refractivity contribution in [2.45, 2.75) is 25.7 Å². The molecule has 0 aliphatic heterocycles. The first-order chi connectivity index (χ1) is 18.6. The van der Waals surface area contributed by atoms with Crippen LogP contribution in [-0.2, 0) is 28.8 Å². The summed E-state index contributed by atoms with van der Waals surface area (Å²) in [6, 6.07) is 23.2. The van der Waals surface area contributed by atoms with Crippen molar-refractivity contribution in [1.82, 2.24) is 4.98 Å². The van der Waals surface area contributed by atoms with E-state index in [0.29, 0.717) is 36.1 Å². The molecule has 0 bridgehead atoms. The number of anilines is 2. The van der Waals surface area contributed by atoms with Gasteiger partial charge in [0.2, 0.25) is 5.91 Å². The normalized spacial score (nSPS) is 10.7. The molecular weight excluding hydrogens is 498 g/mol. The zero-order valence-corrected chi connectivity index (χ0v) is 22.1. The van der Waals surface area contributed by atoms with Crippen LogP contribution in [0.25, 0.3) is 0 Å². The molecule has 0 atom stereocenters. The molecule has 2 amide bonds. The van der Waals surface area contributed by atoms with E-state index in [4.69, 9.17) is 9.47 Å². The van der Waals surface area contributed by atoms with Gasteiger partial charge in [0, 0.05) is 43.0 Å². The van der Waals surface area contributed by atoms with Gasteiger partial charge in [-0.05, 0) is 59.9 Å². The summed E-state index contributed by atoms with van der Waals surface area (Å²) >= 11 is 1.37. The minimum Gasteiger partial charge on any atom is -0.493 e. The number of carbonyl (C=O) groups is 2. The molecule has 0 aliphatic rings. The number of thiazole rings is 1. The highest BCUT2D eigenvalue weighted by Crippen LogP contribution is 2.22. The van der Waals surface area contributed by atoms with Crippen LogP contribution < -0.4 is 15.4 Å². The predicted octanol–water partition coefficient (Wildman–Crippen LogP) is 5.78. The Morgan fingerprint density at radius 1 is 0.868 bits per heavy atom. The Morgan fingerprint density at radius 2 is 1.66 bits per heavy atom. The second-order valence-electron chi connectivity index (χ2n) is 8.76. The fourth-order valence-electron chi connectivity index (χ4n) is 3.90. The van der Waals surface area contributed by atoms with Crippen LogP contribution in [0, 0.1) is 0 Å². The molecule has 38 heavy (non-hydrogen) atoms. The van der Waals surface area contributed by atoms with Crippen LogP contribution in [0.5, 0.6) is 5.75 Å². The lowest BCUT2D eigenvalue weighted by Crippen LogP contribution is -2.14. The number of nitrogens with zero attached hydrogens (tertiary/aromatic N) is 1. The lowest BCUT2D eigenvalue weighted by atomic mass is 10.0. The van der Waals surface area contributed by atoms with Crippen molar-refractivity contribution in [2.24, 2.45) is 0 Å². The number of benzene rings is 3. The molecule has 3 aromatic carbocycles. The Bertz CT molecular complexity index is 1310. The third kappa shape index (κ3) is 8.54. The van der Waals surface area contributed by atoms with Crippen LogP contribution in [0.15, 0.2) is 84.4 Å². The summed E-state index contributed by atoms with van der Waals surface area (Å²) in [5.74, 6) is 0.383. The van der Waals surface area contributed by atoms with Gasteiger partial charge in [0.05, 0.1) is 13.0 Å². The monoisotopic (exact) mass is 529 g/mol. The zero-order valence-electron chi connectivity index (χ0n) is 21.3. The van der Waals surface area contributed by atoms with Gasteiger partial charge in [0.1, 0.15) is 5.75 Å². The molecular formula is C30H31N3O4S. The van der Waals surface area contributed by atoms with Crippen molar-refractivity contribution < 1.29 is 19.1 Å². The second-order valence-corrected chi connectivity index (χ2v) is 9.65. The van der Waals surface area contributed by atoms with Crippen LogP contribution in [0.1, 0.15) is 33.5 Å². The second kappa shape index (κ2) is 14.1. The van der Waals surface area contributed by atoms with E-state index in [2.05, 4.69) is 15.6 Å². The highest BCUT2D eigenvalue weighted by atomic mass is 32.1. The van der Waals surface area contributed by atoms with Gasteiger partial charge in [-0.15, -0.1) is 11.3 Å².